The predicted octanol–water partition coefficient (Wildman–Crippen LogP) is 2.54. The van der Waals surface area contributed by atoms with Gasteiger partial charge in [0.1, 0.15) is 0 Å². The average Bonchev–Trinajstić information content (AvgIpc) is 2.35. The van der Waals surface area contributed by atoms with Gasteiger partial charge in [0.05, 0.1) is 5.75 Å². The highest BCUT2D eigenvalue weighted by Gasteiger charge is 2.21. The molecule has 0 spiro atoms. The zero-order valence-corrected chi connectivity index (χ0v) is 12.0. The molecule has 0 saturated carbocycles. The highest BCUT2D eigenvalue weighted by Crippen LogP contribution is 2.17. The topological polar surface area (TPSA) is 66.4 Å². The molecule has 0 radical (unpaired) electrons. The van der Waals surface area contributed by atoms with E-state index in [2.05, 4.69) is 5.32 Å². The largest absolute Gasteiger partial charge is 0.481 e. The number of carbonyl (C=O) groups excluding carboxylic acids is 1. The smallest absolute Gasteiger partial charge is 0.303 e. The first kappa shape index (κ1) is 15.6. The van der Waals surface area contributed by atoms with Crippen molar-refractivity contribution in [3.8, 4) is 0 Å². The fourth-order valence-corrected chi connectivity index (χ4v) is 2.28. The standard InChI is InChI=1S/C14H19NO3S/c1-14(2,9-8-13(17)18)15-12(16)10-19-11-6-4-3-5-7-11/h3-7H,8-10H2,1-2H3,(H,15,16)(H,17,18). The molecule has 104 valence electrons. The maximum absolute atomic E-state index is 11.8. The summed E-state index contributed by atoms with van der Waals surface area (Å²) in [6.07, 6.45) is 0.475. The van der Waals surface area contributed by atoms with Gasteiger partial charge in [0, 0.05) is 16.9 Å². The molecule has 0 heterocycles. The zero-order valence-electron chi connectivity index (χ0n) is 11.2. The summed E-state index contributed by atoms with van der Waals surface area (Å²) < 4.78 is 0. The summed E-state index contributed by atoms with van der Waals surface area (Å²) in [5.41, 5.74) is -0.493. The first-order valence-corrected chi connectivity index (χ1v) is 7.08. The number of carboxylic acids is 1. The highest BCUT2D eigenvalue weighted by molar-refractivity contribution is 8.00. The molecule has 1 aromatic rings. The van der Waals surface area contributed by atoms with Crippen LogP contribution >= 0.6 is 11.8 Å². The van der Waals surface area contributed by atoms with Crippen LogP contribution in [0.3, 0.4) is 0 Å². The first-order chi connectivity index (χ1) is 8.89. The molecule has 1 aromatic carbocycles. The Morgan fingerprint density at radius 2 is 1.89 bits per heavy atom. The number of aliphatic carboxylic acids is 1. The van der Waals surface area contributed by atoms with Gasteiger partial charge in [-0.15, -0.1) is 11.8 Å². The molecule has 0 unspecified atom stereocenters. The van der Waals surface area contributed by atoms with Gasteiger partial charge in [0.25, 0.3) is 0 Å². The molecule has 1 amide bonds. The molecule has 0 aliphatic rings. The number of amides is 1. The minimum absolute atomic E-state index is 0.0547. The second kappa shape index (κ2) is 7.19. The van der Waals surface area contributed by atoms with Crippen LogP contribution in [0.15, 0.2) is 35.2 Å². The van der Waals surface area contributed by atoms with E-state index in [1.165, 1.54) is 11.8 Å². The second-order valence-electron chi connectivity index (χ2n) is 4.93. The van der Waals surface area contributed by atoms with Crippen LogP contribution in [0.5, 0.6) is 0 Å². The van der Waals surface area contributed by atoms with Gasteiger partial charge >= 0.3 is 5.97 Å². The van der Waals surface area contributed by atoms with E-state index in [1.807, 2.05) is 44.2 Å². The van der Waals surface area contributed by atoms with Gasteiger partial charge in [0.15, 0.2) is 0 Å². The van der Waals surface area contributed by atoms with Crippen molar-refractivity contribution in [2.45, 2.75) is 37.1 Å². The molecular formula is C14H19NO3S. The Bertz CT molecular complexity index is 432. The van der Waals surface area contributed by atoms with Crippen LogP contribution in [0.1, 0.15) is 26.7 Å². The van der Waals surface area contributed by atoms with Crippen LogP contribution in [-0.2, 0) is 9.59 Å². The van der Waals surface area contributed by atoms with Crippen molar-refractivity contribution in [3.63, 3.8) is 0 Å². The van der Waals surface area contributed by atoms with Gasteiger partial charge in [0.2, 0.25) is 5.91 Å². The van der Waals surface area contributed by atoms with Gasteiger partial charge in [-0.1, -0.05) is 18.2 Å². The molecule has 0 aromatic heterocycles. The number of hydrogen-bond donors (Lipinski definition) is 2. The number of carbonyl (C=O) groups is 2. The molecule has 19 heavy (non-hydrogen) atoms. The minimum atomic E-state index is -0.846. The van der Waals surface area contributed by atoms with E-state index in [-0.39, 0.29) is 12.3 Å². The summed E-state index contributed by atoms with van der Waals surface area (Å²) in [5.74, 6) is -0.592. The number of benzene rings is 1. The molecule has 5 heteroatoms. The van der Waals surface area contributed by atoms with Crippen LogP contribution in [0.4, 0.5) is 0 Å². The lowest BCUT2D eigenvalue weighted by atomic mass is 9.98. The van der Waals surface area contributed by atoms with Crippen molar-refractivity contribution >= 4 is 23.6 Å². The van der Waals surface area contributed by atoms with E-state index in [0.717, 1.165) is 4.90 Å². The van der Waals surface area contributed by atoms with Crippen LogP contribution in [0.25, 0.3) is 0 Å². The summed E-state index contributed by atoms with van der Waals surface area (Å²) in [6.45, 7) is 3.67. The lowest BCUT2D eigenvalue weighted by Gasteiger charge is -2.25. The summed E-state index contributed by atoms with van der Waals surface area (Å²) in [7, 11) is 0. The lowest BCUT2D eigenvalue weighted by Crippen LogP contribution is -2.44. The Balaban J connectivity index is 2.36. The van der Waals surface area contributed by atoms with Crippen LogP contribution in [0, 0.1) is 0 Å². The van der Waals surface area contributed by atoms with Gasteiger partial charge in [-0.25, -0.2) is 0 Å². The fourth-order valence-electron chi connectivity index (χ4n) is 1.56. The van der Waals surface area contributed by atoms with Gasteiger partial charge < -0.3 is 10.4 Å². The minimum Gasteiger partial charge on any atom is -0.481 e. The predicted molar refractivity (Wildman–Crippen MR) is 76.3 cm³/mol. The molecule has 0 aliphatic heterocycles. The Morgan fingerprint density at radius 1 is 1.26 bits per heavy atom. The molecule has 4 nitrogen and oxygen atoms in total. The Morgan fingerprint density at radius 3 is 2.47 bits per heavy atom. The third-order valence-electron chi connectivity index (χ3n) is 2.55. The van der Waals surface area contributed by atoms with E-state index < -0.39 is 11.5 Å². The number of carboxylic acid groups (broad SMARTS) is 1. The van der Waals surface area contributed by atoms with E-state index in [4.69, 9.17) is 5.11 Å². The van der Waals surface area contributed by atoms with E-state index in [1.54, 1.807) is 0 Å². The number of nitrogens with one attached hydrogen (secondary N) is 1. The molecule has 0 saturated heterocycles. The van der Waals surface area contributed by atoms with Crippen molar-refractivity contribution in [1.29, 1.82) is 0 Å². The van der Waals surface area contributed by atoms with Crippen molar-refractivity contribution in [2.75, 3.05) is 5.75 Å². The van der Waals surface area contributed by atoms with Gasteiger partial charge in [-0.2, -0.15) is 0 Å². The maximum atomic E-state index is 11.8. The van der Waals surface area contributed by atoms with Crippen LogP contribution < -0.4 is 5.32 Å². The molecular weight excluding hydrogens is 262 g/mol. The van der Waals surface area contributed by atoms with Crippen molar-refractivity contribution in [2.24, 2.45) is 0 Å². The molecule has 0 aliphatic carbocycles. The van der Waals surface area contributed by atoms with Gasteiger partial charge in [-0.3, -0.25) is 9.59 Å². The number of rotatable bonds is 7. The monoisotopic (exact) mass is 281 g/mol. The summed E-state index contributed by atoms with van der Waals surface area (Å²) in [5, 5.41) is 11.5. The SMILES string of the molecule is CC(C)(CCC(=O)O)NC(=O)CSc1ccccc1. The van der Waals surface area contributed by atoms with Gasteiger partial charge in [-0.05, 0) is 32.4 Å². The van der Waals surface area contributed by atoms with Crippen molar-refractivity contribution < 1.29 is 14.7 Å². The normalized spacial score (nSPS) is 11.1. The average molecular weight is 281 g/mol. The summed E-state index contributed by atoms with van der Waals surface area (Å²) >= 11 is 1.47. The summed E-state index contributed by atoms with van der Waals surface area (Å²) in [6, 6.07) is 9.69. The Kier molecular flexibility index (Phi) is 5.89. The van der Waals surface area contributed by atoms with Crippen LogP contribution in [-0.4, -0.2) is 28.3 Å². The molecule has 0 atom stereocenters. The Labute approximate surface area is 117 Å². The van der Waals surface area contributed by atoms with Crippen molar-refractivity contribution in [3.05, 3.63) is 30.3 Å². The number of hydrogen-bond acceptors (Lipinski definition) is 3. The summed E-state index contributed by atoms with van der Waals surface area (Å²) in [4.78, 5) is 23.4. The van der Waals surface area contributed by atoms with E-state index in [0.29, 0.717) is 12.2 Å². The van der Waals surface area contributed by atoms with Crippen molar-refractivity contribution in [1.82, 2.24) is 5.32 Å². The second-order valence-corrected chi connectivity index (χ2v) is 5.98. The Hall–Kier alpha value is -1.49. The molecule has 0 bridgehead atoms. The van der Waals surface area contributed by atoms with E-state index >= 15 is 0 Å². The van der Waals surface area contributed by atoms with E-state index in [9.17, 15) is 9.59 Å². The fraction of sp³-hybridized carbons (Fsp3) is 0.429. The third kappa shape index (κ3) is 6.86. The quantitative estimate of drug-likeness (QED) is 0.754. The highest BCUT2D eigenvalue weighted by atomic mass is 32.2. The number of thioether (sulfide) groups is 1. The zero-order chi connectivity index (χ0) is 14.3. The lowest BCUT2D eigenvalue weighted by molar-refractivity contribution is -0.137. The molecule has 0 fully saturated rings. The molecule has 1 rings (SSSR count). The van der Waals surface area contributed by atoms with Crippen LogP contribution in [0.2, 0.25) is 0 Å². The first-order valence-electron chi connectivity index (χ1n) is 6.10. The maximum Gasteiger partial charge on any atom is 0.303 e. The molecule has 2 N–H and O–H groups in total. The third-order valence-corrected chi connectivity index (χ3v) is 3.57.